The minimum absolute atomic E-state index is 0.0408. The van der Waals surface area contributed by atoms with E-state index in [-0.39, 0.29) is 17.9 Å². The molecule has 2 aliphatic rings. The van der Waals surface area contributed by atoms with Crippen molar-refractivity contribution < 1.29 is 9.59 Å². The summed E-state index contributed by atoms with van der Waals surface area (Å²) in [7, 11) is 0. The highest BCUT2D eigenvalue weighted by Gasteiger charge is 2.34. The first kappa shape index (κ1) is 20.6. The maximum Gasteiger partial charge on any atom is 0.254 e. The van der Waals surface area contributed by atoms with E-state index in [0.29, 0.717) is 42.6 Å². The number of aryl methyl sites for hydroxylation is 1. The maximum atomic E-state index is 12.8. The molecule has 30 heavy (non-hydrogen) atoms. The average molecular weight is 443 g/mol. The molecule has 3 N–H and O–H groups in total. The zero-order valence-electron chi connectivity index (χ0n) is 16.6. The normalized spacial score (nSPS) is 18.1. The summed E-state index contributed by atoms with van der Waals surface area (Å²) in [6, 6.07) is 11.6. The molecule has 2 aliphatic heterocycles. The molecule has 2 aromatic rings. The lowest BCUT2D eigenvalue weighted by Crippen LogP contribution is -2.48. The van der Waals surface area contributed by atoms with Gasteiger partial charge in [0.2, 0.25) is 5.91 Å². The third-order valence-corrected chi connectivity index (χ3v) is 6.22. The number of piperidine rings is 1. The molecule has 0 aliphatic carbocycles. The van der Waals surface area contributed by atoms with E-state index < -0.39 is 0 Å². The summed E-state index contributed by atoms with van der Waals surface area (Å²) < 4.78 is 0. The second-order valence-electron chi connectivity index (χ2n) is 7.69. The number of nitrogens with one attached hydrogen (secondary N) is 3. The van der Waals surface area contributed by atoms with Crippen LogP contribution in [0.15, 0.2) is 36.4 Å². The molecule has 6 nitrogen and oxygen atoms in total. The highest BCUT2D eigenvalue weighted by atomic mass is 35.5. The third kappa shape index (κ3) is 4.42. The van der Waals surface area contributed by atoms with Crippen LogP contribution in [-0.4, -0.2) is 34.4 Å². The maximum absolute atomic E-state index is 12.8. The van der Waals surface area contributed by atoms with Gasteiger partial charge >= 0.3 is 0 Å². The molecule has 2 aromatic carbocycles. The molecule has 0 aromatic heterocycles. The molecule has 2 amide bonds. The van der Waals surface area contributed by atoms with Crippen LogP contribution in [0.2, 0.25) is 5.02 Å². The van der Waals surface area contributed by atoms with Crippen molar-refractivity contribution in [3.8, 4) is 0 Å². The van der Waals surface area contributed by atoms with Gasteiger partial charge in [0.05, 0.1) is 6.04 Å². The summed E-state index contributed by atoms with van der Waals surface area (Å²) in [5, 5.41) is 10.4. The molecular formula is C22H23ClN4O2S. The topological polar surface area (TPSA) is 73.5 Å². The molecule has 0 saturated carbocycles. The molecule has 1 unspecified atom stereocenters. The van der Waals surface area contributed by atoms with Crippen LogP contribution in [0.5, 0.6) is 0 Å². The zero-order chi connectivity index (χ0) is 21.3. The number of hydrogen-bond acceptors (Lipinski definition) is 3. The van der Waals surface area contributed by atoms with Crippen LogP contribution in [0.4, 0.5) is 5.69 Å². The summed E-state index contributed by atoms with van der Waals surface area (Å²) in [5.41, 5.74) is 4.65. The standard InChI is InChI=1S/C22H23ClN4O2S/c1-13-2-4-16(9-19(13)23)26-22(30)25-10-14-3-6-18-15(8-14)12-27(21(18)29)17-5-7-20(28)24-11-17/h2-4,6,8-9,17H,5,7,10-12H2,1H3,(H,24,28)(H2,25,26,30). The van der Waals surface area contributed by atoms with E-state index in [2.05, 4.69) is 16.0 Å². The van der Waals surface area contributed by atoms with E-state index in [1.165, 1.54) is 0 Å². The Morgan fingerprint density at radius 1 is 1.27 bits per heavy atom. The Labute approximate surface area is 186 Å². The number of rotatable bonds is 4. The summed E-state index contributed by atoms with van der Waals surface area (Å²) in [6.45, 7) is 3.60. The first-order chi connectivity index (χ1) is 14.4. The minimum atomic E-state index is 0.0408. The van der Waals surface area contributed by atoms with E-state index in [1.54, 1.807) is 0 Å². The molecule has 0 bridgehead atoms. The highest BCUT2D eigenvalue weighted by Crippen LogP contribution is 2.28. The molecule has 2 heterocycles. The van der Waals surface area contributed by atoms with Gasteiger partial charge in [0.15, 0.2) is 5.11 Å². The Balaban J connectivity index is 1.35. The van der Waals surface area contributed by atoms with E-state index in [4.69, 9.17) is 23.8 Å². The van der Waals surface area contributed by atoms with Crippen molar-refractivity contribution in [3.05, 3.63) is 63.7 Å². The van der Waals surface area contributed by atoms with Gasteiger partial charge in [0.25, 0.3) is 5.91 Å². The fourth-order valence-corrected chi connectivity index (χ4v) is 4.19. The Kier molecular flexibility index (Phi) is 5.92. The molecule has 0 radical (unpaired) electrons. The summed E-state index contributed by atoms with van der Waals surface area (Å²) in [4.78, 5) is 26.0. The second kappa shape index (κ2) is 8.62. The van der Waals surface area contributed by atoms with Crippen LogP contribution < -0.4 is 16.0 Å². The number of benzene rings is 2. The van der Waals surface area contributed by atoms with Crippen LogP contribution in [0.3, 0.4) is 0 Å². The Bertz CT molecular complexity index is 1020. The van der Waals surface area contributed by atoms with Crippen LogP contribution in [0.1, 0.15) is 39.9 Å². The predicted molar refractivity (Wildman–Crippen MR) is 122 cm³/mol. The molecular weight excluding hydrogens is 420 g/mol. The lowest BCUT2D eigenvalue weighted by Gasteiger charge is -2.31. The fourth-order valence-electron chi connectivity index (χ4n) is 3.82. The van der Waals surface area contributed by atoms with Gasteiger partial charge in [-0.25, -0.2) is 0 Å². The van der Waals surface area contributed by atoms with Gasteiger partial charge in [-0.15, -0.1) is 0 Å². The van der Waals surface area contributed by atoms with Gasteiger partial charge in [0, 0.05) is 42.3 Å². The van der Waals surface area contributed by atoms with Crippen molar-refractivity contribution >= 4 is 46.4 Å². The van der Waals surface area contributed by atoms with Gasteiger partial charge in [-0.05, 0) is 60.5 Å². The quantitative estimate of drug-likeness (QED) is 0.633. The van der Waals surface area contributed by atoms with Gasteiger partial charge in [-0.2, -0.15) is 0 Å². The monoisotopic (exact) mass is 442 g/mol. The largest absolute Gasteiger partial charge is 0.358 e. The number of fused-ring (bicyclic) bond motifs is 1. The molecule has 1 fully saturated rings. The number of anilines is 1. The van der Waals surface area contributed by atoms with Gasteiger partial charge in [-0.1, -0.05) is 29.8 Å². The summed E-state index contributed by atoms with van der Waals surface area (Å²) in [5.74, 6) is 0.0975. The van der Waals surface area contributed by atoms with Crippen LogP contribution >= 0.6 is 23.8 Å². The first-order valence-electron chi connectivity index (χ1n) is 9.91. The molecule has 0 spiro atoms. The van der Waals surface area contributed by atoms with Crippen molar-refractivity contribution in [2.45, 2.75) is 38.9 Å². The average Bonchev–Trinajstić information content (AvgIpc) is 3.06. The number of amides is 2. The minimum Gasteiger partial charge on any atom is -0.358 e. The first-order valence-corrected chi connectivity index (χ1v) is 10.7. The fraction of sp³-hybridized carbons (Fsp3) is 0.318. The van der Waals surface area contributed by atoms with E-state index in [9.17, 15) is 9.59 Å². The number of thiocarbonyl (C=S) groups is 1. The molecule has 8 heteroatoms. The van der Waals surface area contributed by atoms with Crippen LogP contribution in [0, 0.1) is 6.92 Å². The SMILES string of the molecule is Cc1ccc(NC(=S)NCc2ccc3c(c2)CN(C2CCC(=O)NC2)C3=O)cc1Cl. The van der Waals surface area contributed by atoms with Gasteiger partial charge < -0.3 is 20.9 Å². The Morgan fingerprint density at radius 3 is 2.83 bits per heavy atom. The highest BCUT2D eigenvalue weighted by molar-refractivity contribution is 7.80. The van der Waals surface area contributed by atoms with Crippen LogP contribution in [-0.2, 0) is 17.9 Å². The lowest BCUT2D eigenvalue weighted by molar-refractivity contribution is -0.123. The number of hydrogen-bond donors (Lipinski definition) is 3. The van der Waals surface area contributed by atoms with Gasteiger partial charge in [-0.3, -0.25) is 9.59 Å². The van der Waals surface area contributed by atoms with Crippen molar-refractivity contribution in [1.82, 2.24) is 15.5 Å². The third-order valence-electron chi connectivity index (χ3n) is 5.56. The van der Waals surface area contributed by atoms with Crippen LogP contribution in [0.25, 0.3) is 0 Å². The van der Waals surface area contributed by atoms with E-state index >= 15 is 0 Å². The summed E-state index contributed by atoms with van der Waals surface area (Å²) >= 11 is 11.5. The Hall–Kier alpha value is -2.64. The number of nitrogens with zero attached hydrogens (tertiary/aromatic N) is 1. The number of carbonyl (C=O) groups is 2. The molecule has 1 atom stereocenters. The van der Waals surface area contributed by atoms with Gasteiger partial charge in [0.1, 0.15) is 0 Å². The smallest absolute Gasteiger partial charge is 0.254 e. The predicted octanol–water partition coefficient (Wildman–Crippen LogP) is 3.37. The second-order valence-corrected chi connectivity index (χ2v) is 8.51. The summed E-state index contributed by atoms with van der Waals surface area (Å²) in [6.07, 6.45) is 1.18. The van der Waals surface area contributed by atoms with E-state index in [0.717, 1.165) is 27.9 Å². The molecule has 4 rings (SSSR count). The van der Waals surface area contributed by atoms with Crippen molar-refractivity contribution in [2.24, 2.45) is 0 Å². The van der Waals surface area contributed by atoms with Crippen molar-refractivity contribution in [1.29, 1.82) is 0 Å². The number of halogens is 1. The van der Waals surface area contributed by atoms with Crippen molar-refractivity contribution in [2.75, 3.05) is 11.9 Å². The molecule has 156 valence electrons. The van der Waals surface area contributed by atoms with E-state index in [1.807, 2.05) is 48.2 Å². The Morgan fingerprint density at radius 2 is 2.10 bits per heavy atom. The lowest BCUT2D eigenvalue weighted by atomic mass is 10.1. The zero-order valence-corrected chi connectivity index (χ0v) is 18.2. The number of carbonyl (C=O) groups excluding carboxylic acids is 2. The molecule has 1 saturated heterocycles. The van der Waals surface area contributed by atoms with Crippen molar-refractivity contribution in [3.63, 3.8) is 0 Å².